The van der Waals surface area contributed by atoms with Crippen LogP contribution in [0.25, 0.3) is 0 Å². The van der Waals surface area contributed by atoms with Crippen LogP contribution >= 0.6 is 0 Å². The second kappa shape index (κ2) is 24.3. The summed E-state index contributed by atoms with van der Waals surface area (Å²) in [5.41, 5.74) is 7.10. The van der Waals surface area contributed by atoms with Crippen LogP contribution in [0.5, 0.6) is 23.0 Å². The summed E-state index contributed by atoms with van der Waals surface area (Å²) in [6.07, 6.45) is 7.99. The van der Waals surface area contributed by atoms with E-state index in [1.807, 2.05) is 58.3 Å². The molecule has 4 heterocycles. The average molecular weight is 1040 g/mol. The molecule has 0 radical (unpaired) electrons. The minimum atomic E-state index is -0.827. The molecule has 8 rings (SSSR count). The number of hydrogen-bond acceptors (Lipinski definition) is 14. The van der Waals surface area contributed by atoms with Gasteiger partial charge in [0.2, 0.25) is 11.8 Å². The van der Waals surface area contributed by atoms with Crippen molar-refractivity contribution in [2.75, 3.05) is 39.2 Å². The predicted molar refractivity (Wildman–Crippen MR) is 286 cm³/mol. The number of rotatable bonds is 19. The molecule has 4 aromatic rings. The SMILES string of the molecule is COc1cc2c(cc1OCc1cc(C#CCNC(=O)OCc3ccc(NC(=O)[C@H](C)NC(=O)[C@@H](NCCO)C(C)C)cc3)cc(COc3cc4c(cc3OC)C(=O)N3C=C(C)C[C@H]3C=N4)c1)N=C[C@@H]1CC(C)=CN1C2=O. The van der Waals surface area contributed by atoms with E-state index in [4.69, 9.17) is 28.8 Å². The van der Waals surface area contributed by atoms with Gasteiger partial charge in [0, 0.05) is 54.8 Å². The number of aliphatic imine (C=N–C) groups is 2. The molecule has 0 bridgehead atoms. The predicted octanol–water partition coefficient (Wildman–Crippen LogP) is 6.86. The lowest BCUT2D eigenvalue weighted by Crippen LogP contribution is -2.52. The molecule has 4 aliphatic rings. The van der Waals surface area contributed by atoms with E-state index in [-0.39, 0.29) is 75.2 Å². The number of carbonyl (C=O) groups excluding carboxylic acids is 5. The second-order valence-corrected chi connectivity index (χ2v) is 19.2. The van der Waals surface area contributed by atoms with Gasteiger partial charge in [-0.05, 0) is 98.7 Å². The Balaban J connectivity index is 0.925. The molecular formula is C57H62N8O11. The molecule has 0 saturated heterocycles. The number of nitrogens with one attached hydrogen (secondary N) is 4. The van der Waals surface area contributed by atoms with Gasteiger partial charge in [0.1, 0.15) is 25.9 Å². The zero-order valence-corrected chi connectivity index (χ0v) is 43.5. The van der Waals surface area contributed by atoms with Gasteiger partial charge in [-0.25, -0.2) is 4.79 Å². The standard InChI is InChI=1S/C57H62N8O11/c1-33(2)52(58-15-16-66)54(68)62-36(5)53(67)63-41-12-10-37(11-13-41)30-76-57(71)59-14-8-9-38-19-39(31-74-50-24-46-44(22-48(50)72-6)55(69)64-28-34(3)17-42(64)26-60-46)21-40(20-38)32-75-51-25-47-45(23-49(51)73-7)56(70)65-29-35(4)18-43(65)27-61-47/h10-13,19-29,33,36,42-43,52,58,66H,14-18,30-32H2,1-7H3,(H,59,71)(H,62,68)(H,63,67)/t36-,42-,43-,52-/m0/s1. The molecule has 0 aromatic heterocycles. The summed E-state index contributed by atoms with van der Waals surface area (Å²) in [4.78, 5) is 78.3. The third-order valence-electron chi connectivity index (χ3n) is 12.9. The molecule has 19 heteroatoms. The Morgan fingerprint density at radius 2 is 1.28 bits per heavy atom. The summed E-state index contributed by atoms with van der Waals surface area (Å²) in [5.74, 6) is 6.43. The number of carbonyl (C=O) groups is 5. The highest BCUT2D eigenvalue weighted by Crippen LogP contribution is 2.41. The molecule has 0 spiro atoms. The lowest BCUT2D eigenvalue weighted by atomic mass is 10.0. The van der Waals surface area contributed by atoms with E-state index in [0.717, 1.165) is 22.3 Å². The van der Waals surface area contributed by atoms with E-state index in [2.05, 4.69) is 43.1 Å². The number of aliphatic hydroxyl groups is 1. The van der Waals surface area contributed by atoms with Gasteiger partial charge in [0.15, 0.2) is 23.0 Å². The van der Waals surface area contributed by atoms with Gasteiger partial charge in [-0.1, -0.05) is 49.0 Å². The fourth-order valence-electron chi connectivity index (χ4n) is 9.05. The van der Waals surface area contributed by atoms with Crippen LogP contribution in [0.15, 0.2) is 100 Å². The van der Waals surface area contributed by atoms with Crippen molar-refractivity contribution in [3.05, 3.63) is 124 Å². The first-order valence-corrected chi connectivity index (χ1v) is 25.0. The van der Waals surface area contributed by atoms with Crippen LogP contribution in [0.2, 0.25) is 0 Å². The molecule has 0 saturated carbocycles. The number of nitrogens with zero attached hydrogens (tertiary/aromatic N) is 4. The van der Waals surface area contributed by atoms with E-state index in [0.29, 0.717) is 75.2 Å². The third kappa shape index (κ3) is 12.9. The number of aliphatic hydroxyl groups excluding tert-OH is 1. The van der Waals surface area contributed by atoms with E-state index < -0.39 is 24.1 Å². The van der Waals surface area contributed by atoms with Gasteiger partial charge in [-0.3, -0.25) is 29.2 Å². The molecule has 0 fully saturated rings. The maximum Gasteiger partial charge on any atom is 0.408 e. The Labute approximate surface area is 441 Å². The highest BCUT2D eigenvalue weighted by atomic mass is 16.5. The maximum absolute atomic E-state index is 13.6. The smallest absolute Gasteiger partial charge is 0.408 e. The zero-order valence-electron chi connectivity index (χ0n) is 43.5. The van der Waals surface area contributed by atoms with Crippen molar-refractivity contribution in [3.8, 4) is 34.8 Å². The number of amides is 5. The molecular weight excluding hydrogens is 973 g/mol. The van der Waals surface area contributed by atoms with Crippen molar-refractivity contribution in [1.82, 2.24) is 25.8 Å². The first-order valence-electron chi connectivity index (χ1n) is 25.0. The van der Waals surface area contributed by atoms with Gasteiger partial charge in [-0.15, -0.1) is 0 Å². The van der Waals surface area contributed by atoms with Crippen molar-refractivity contribution < 1.29 is 52.8 Å². The van der Waals surface area contributed by atoms with Crippen LogP contribution < -0.4 is 40.2 Å². The number of alkyl carbamates (subject to hydrolysis) is 1. The first-order chi connectivity index (χ1) is 36.6. The summed E-state index contributed by atoms with van der Waals surface area (Å²) in [6, 6.07) is 17.3. The number of ether oxygens (including phenoxy) is 5. The Morgan fingerprint density at radius 3 is 1.79 bits per heavy atom. The van der Waals surface area contributed by atoms with E-state index in [9.17, 15) is 24.0 Å². The van der Waals surface area contributed by atoms with Gasteiger partial charge in [0.05, 0.1) is 68.0 Å². The normalized spacial score (nSPS) is 16.8. The van der Waals surface area contributed by atoms with Crippen molar-refractivity contribution in [2.45, 2.75) is 91.4 Å². The Hall–Kier alpha value is -8.47. The summed E-state index contributed by atoms with van der Waals surface area (Å²) in [5, 5.41) is 20.3. The summed E-state index contributed by atoms with van der Waals surface area (Å²) in [6.45, 7) is 9.47. The van der Waals surface area contributed by atoms with Crippen LogP contribution in [0.3, 0.4) is 0 Å². The number of benzene rings is 4. The fourth-order valence-corrected chi connectivity index (χ4v) is 9.05. The topological polar surface area (TPSA) is 231 Å². The van der Waals surface area contributed by atoms with Gasteiger partial charge >= 0.3 is 6.09 Å². The van der Waals surface area contributed by atoms with E-state index in [1.54, 1.807) is 77.7 Å². The summed E-state index contributed by atoms with van der Waals surface area (Å²) < 4.78 is 29.6. The summed E-state index contributed by atoms with van der Waals surface area (Å²) in [7, 11) is 3.02. The maximum atomic E-state index is 13.6. The molecule has 4 aromatic carbocycles. The van der Waals surface area contributed by atoms with Gasteiger partial charge < -0.3 is 59.9 Å². The van der Waals surface area contributed by atoms with Crippen LogP contribution in [0, 0.1) is 17.8 Å². The van der Waals surface area contributed by atoms with E-state index in [1.165, 1.54) is 14.2 Å². The molecule has 4 aliphatic heterocycles. The van der Waals surface area contributed by atoms with Crippen LogP contribution in [-0.4, -0.2) is 115 Å². The van der Waals surface area contributed by atoms with E-state index >= 15 is 0 Å². The Morgan fingerprint density at radius 1 is 0.724 bits per heavy atom. The largest absolute Gasteiger partial charge is 0.493 e. The lowest BCUT2D eigenvalue weighted by molar-refractivity contribution is -0.128. The molecule has 19 nitrogen and oxygen atoms in total. The molecule has 5 amide bonds. The number of fused-ring (bicyclic) bond motifs is 4. The minimum Gasteiger partial charge on any atom is -0.493 e. The van der Waals surface area contributed by atoms with Crippen LogP contribution in [-0.2, 0) is 34.1 Å². The third-order valence-corrected chi connectivity index (χ3v) is 12.9. The number of hydrogen-bond donors (Lipinski definition) is 5. The molecule has 0 aliphatic carbocycles. The van der Waals surface area contributed by atoms with Gasteiger partial charge in [0.25, 0.3) is 11.8 Å². The minimum absolute atomic E-state index is 0.0427. The average Bonchev–Trinajstić information content (AvgIpc) is 3.93. The first kappa shape index (κ1) is 53.8. The monoisotopic (exact) mass is 1030 g/mol. The van der Waals surface area contributed by atoms with Gasteiger partial charge in [-0.2, -0.15) is 0 Å². The highest BCUT2D eigenvalue weighted by Gasteiger charge is 2.34. The molecule has 76 heavy (non-hydrogen) atoms. The molecule has 396 valence electrons. The Kier molecular flexibility index (Phi) is 17.2. The van der Waals surface area contributed by atoms with Crippen molar-refractivity contribution in [2.24, 2.45) is 15.9 Å². The second-order valence-electron chi connectivity index (χ2n) is 19.2. The molecule has 0 unspecified atom stereocenters. The fraction of sp³-hybridized carbons (Fsp3) is 0.351. The number of methoxy groups -OCH3 is 2. The zero-order chi connectivity index (χ0) is 54.0. The lowest BCUT2D eigenvalue weighted by Gasteiger charge is -2.23. The number of anilines is 1. The van der Waals surface area contributed by atoms with Crippen molar-refractivity contribution >= 4 is 59.2 Å². The van der Waals surface area contributed by atoms with Crippen LogP contribution in [0.1, 0.15) is 90.4 Å². The highest BCUT2D eigenvalue weighted by molar-refractivity contribution is 6.05. The summed E-state index contributed by atoms with van der Waals surface area (Å²) >= 11 is 0. The van der Waals surface area contributed by atoms with Crippen LogP contribution in [0.4, 0.5) is 21.9 Å². The molecule has 4 atom stereocenters. The quantitative estimate of drug-likeness (QED) is 0.0607. The Bertz CT molecular complexity index is 2950. The van der Waals surface area contributed by atoms with Crippen molar-refractivity contribution in [1.29, 1.82) is 0 Å². The van der Waals surface area contributed by atoms with Crippen molar-refractivity contribution in [3.63, 3.8) is 0 Å². The molecule has 5 N–H and O–H groups in total.